The molecule has 0 atom stereocenters. The van der Waals surface area contributed by atoms with Crippen LogP contribution in [0.1, 0.15) is 12.6 Å². The summed E-state index contributed by atoms with van der Waals surface area (Å²) in [6.07, 6.45) is -2.78. The van der Waals surface area contributed by atoms with Crippen LogP contribution < -0.4 is 5.32 Å². The first-order valence-electron chi connectivity index (χ1n) is 5.71. The Bertz CT molecular complexity index is 669. The topological polar surface area (TPSA) is 98.8 Å². The van der Waals surface area contributed by atoms with Crippen molar-refractivity contribution >= 4 is 11.6 Å². The summed E-state index contributed by atoms with van der Waals surface area (Å²) < 4.78 is 38.3. The lowest BCUT2D eigenvalue weighted by atomic mass is 10.4. The van der Waals surface area contributed by atoms with Gasteiger partial charge in [0.2, 0.25) is 11.8 Å². The van der Waals surface area contributed by atoms with Crippen molar-refractivity contribution in [1.29, 1.82) is 0 Å². The highest BCUT2D eigenvalue weighted by atomic mass is 19.4. The standard InChI is InChI=1S/C10H9F3N6O2/c1-2-14-9-15-5-6(19(20)21)8(16-9)18-4-3-7(17-18)10(11,12)13/h3-5H,2H2,1H3,(H,14,15,16). The van der Waals surface area contributed by atoms with Crippen LogP contribution in [-0.2, 0) is 6.18 Å². The lowest BCUT2D eigenvalue weighted by molar-refractivity contribution is -0.385. The Labute approximate surface area is 115 Å². The van der Waals surface area contributed by atoms with Crippen LogP contribution in [0.4, 0.5) is 24.8 Å². The summed E-state index contributed by atoms with van der Waals surface area (Å²) in [6, 6.07) is 0.707. The minimum Gasteiger partial charge on any atom is -0.354 e. The molecule has 2 heterocycles. The van der Waals surface area contributed by atoms with E-state index in [9.17, 15) is 23.3 Å². The Kier molecular flexibility index (Phi) is 3.74. The van der Waals surface area contributed by atoms with Gasteiger partial charge in [-0.05, 0) is 13.0 Å². The number of nitrogens with one attached hydrogen (secondary N) is 1. The van der Waals surface area contributed by atoms with E-state index in [4.69, 9.17) is 0 Å². The van der Waals surface area contributed by atoms with Crippen molar-refractivity contribution in [2.45, 2.75) is 13.1 Å². The van der Waals surface area contributed by atoms with Crippen LogP contribution >= 0.6 is 0 Å². The third-order valence-corrected chi connectivity index (χ3v) is 2.38. The summed E-state index contributed by atoms with van der Waals surface area (Å²) in [7, 11) is 0. The number of rotatable bonds is 4. The Balaban J connectivity index is 2.52. The van der Waals surface area contributed by atoms with Gasteiger partial charge < -0.3 is 5.32 Å². The molecule has 11 heteroatoms. The van der Waals surface area contributed by atoms with Gasteiger partial charge in [0.05, 0.1) is 4.92 Å². The van der Waals surface area contributed by atoms with Gasteiger partial charge in [0, 0.05) is 12.7 Å². The molecule has 0 bridgehead atoms. The maximum Gasteiger partial charge on any atom is 0.435 e. The molecule has 112 valence electrons. The second kappa shape index (κ2) is 5.34. The molecule has 0 spiro atoms. The molecule has 0 aliphatic rings. The van der Waals surface area contributed by atoms with E-state index in [2.05, 4.69) is 20.4 Å². The minimum absolute atomic E-state index is 0.0576. The third kappa shape index (κ3) is 3.07. The summed E-state index contributed by atoms with van der Waals surface area (Å²) in [4.78, 5) is 17.6. The lowest BCUT2D eigenvalue weighted by Gasteiger charge is -2.05. The fraction of sp³-hybridized carbons (Fsp3) is 0.300. The Morgan fingerprint density at radius 1 is 1.48 bits per heavy atom. The van der Waals surface area contributed by atoms with E-state index in [0.29, 0.717) is 17.3 Å². The molecule has 0 radical (unpaired) electrons. The lowest BCUT2D eigenvalue weighted by Crippen LogP contribution is -2.11. The summed E-state index contributed by atoms with van der Waals surface area (Å²) in [5.74, 6) is -0.288. The van der Waals surface area contributed by atoms with Gasteiger partial charge in [-0.25, -0.2) is 9.67 Å². The van der Waals surface area contributed by atoms with E-state index in [1.54, 1.807) is 6.92 Å². The van der Waals surface area contributed by atoms with E-state index >= 15 is 0 Å². The predicted octanol–water partition coefficient (Wildman–Crippen LogP) is 2.02. The SMILES string of the molecule is CCNc1ncc([N+](=O)[O-])c(-n2ccc(C(F)(F)F)n2)n1. The van der Waals surface area contributed by atoms with Crippen LogP contribution in [0.3, 0.4) is 0 Å². The maximum absolute atomic E-state index is 12.5. The zero-order valence-corrected chi connectivity index (χ0v) is 10.6. The van der Waals surface area contributed by atoms with Crippen LogP contribution in [0.5, 0.6) is 0 Å². The summed E-state index contributed by atoms with van der Waals surface area (Å²) in [5, 5.41) is 16.9. The molecule has 0 saturated carbocycles. The number of anilines is 1. The molecule has 0 unspecified atom stereocenters. The normalized spacial score (nSPS) is 11.4. The fourth-order valence-corrected chi connectivity index (χ4v) is 1.50. The van der Waals surface area contributed by atoms with Crippen LogP contribution in [0.25, 0.3) is 5.82 Å². The molecule has 2 aromatic heterocycles. The van der Waals surface area contributed by atoms with Crippen molar-refractivity contribution in [2.75, 3.05) is 11.9 Å². The first-order chi connectivity index (χ1) is 9.82. The number of nitrogens with zero attached hydrogens (tertiary/aromatic N) is 5. The molecule has 0 amide bonds. The second-order valence-electron chi connectivity index (χ2n) is 3.83. The molecule has 21 heavy (non-hydrogen) atoms. The van der Waals surface area contributed by atoms with Gasteiger partial charge in [-0.15, -0.1) is 0 Å². The average molecular weight is 302 g/mol. The molecule has 1 N–H and O–H groups in total. The fourth-order valence-electron chi connectivity index (χ4n) is 1.50. The first kappa shape index (κ1) is 14.7. The number of halogens is 3. The van der Waals surface area contributed by atoms with Gasteiger partial charge in [0.15, 0.2) is 5.69 Å². The summed E-state index contributed by atoms with van der Waals surface area (Å²) >= 11 is 0. The number of aromatic nitrogens is 4. The highest BCUT2D eigenvalue weighted by Crippen LogP contribution is 2.29. The van der Waals surface area contributed by atoms with Crippen LogP contribution in [-0.4, -0.2) is 31.2 Å². The molecule has 0 fully saturated rings. The number of alkyl halides is 3. The van der Waals surface area contributed by atoms with Crippen molar-refractivity contribution in [3.63, 3.8) is 0 Å². The molecule has 2 aromatic rings. The van der Waals surface area contributed by atoms with Crippen LogP contribution in [0, 0.1) is 10.1 Å². The van der Waals surface area contributed by atoms with Gasteiger partial charge in [0.25, 0.3) is 0 Å². The Morgan fingerprint density at radius 3 is 2.71 bits per heavy atom. The molecule has 0 aromatic carbocycles. The molecule has 2 rings (SSSR count). The largest absolute Gasteiger partial charge is 0.435 e. The monoisotopic (exact) mass is 302 g/mol. The third-order valence-electron chi connectivity index (χ3n) is 2.38. The molecule has 0 saturated heterocycles. The van der Waals surface area contributed by atoms with E-state index in [1.165, 1.54) is 0 Å². The quantitative estimate of drug-likeness (QED) is 0.685. The van der Waals surface area contributed by atoms with Crippen molar-refractivity contribution in [2.24, 2.45) is 0 Å². The smallest absolute Gasteiger partial charge is 0.354 e. The summed E-state index contributed by atoms with van der Waals surface area (Å²) in [5.41, 5.74) is -1.71. The molecule has 8 nitrogen and oxygen atoms in total. The van der Waals surface area contributed by atoms with Gasteiger partial charge in [0.1, 0.15) is 6.20 Å². The van der Waals surface area contributed by atoms with E-state index in [1.807, 2.05) is 0 Å². The molecular weight excluding hydrogens is 293 g/mol. The second-order valence-corrected chi connectivity index (χ2v) is 3.83. The van der Waals surface area contributed by atoms with Crippen molar-refractivity contribution in [1.82, 2.24) is 19.7 Å². The van der Waals surface area contributed by atoms with Crippen molar-refractivity contribution in [3.8, 4) is 5.82 Å². The van der Waals surface area contributed by atoms with E-state index < -0.39 is 22.5 Å². The zero-order chi connectivity index (χ0) is 15.6. The minimum atomic E-state index is -4.64. The van der Waals surface area contributed by atoms with Crippen molar-refractivity contribution in [3.05, 3.63) is 34.3 Å². The maximum atomic E-state index is 12.5. The zero-order valence-electron chi connectivity index (χ0n) is 10.6. The number of nitro groups is 1. The Morgan fingerprint density at radius 2 is 2.19 bits per heavy atom. The number of hydrogen-bond donors (Lipinski definition) is 1. The van der Waals surface area contributed by atoms with Crippen LogP contribution in [0.15, 0.2) is 18.5 Å². The highest BCUT2D eigenvalue weighted by Gasteiger charge is 2.34. The first-order valence-corrected chi connectivity index (χ1v) is 5.71. The average Bonchev–Trinajstić information content (AvgIpc) is 2.88. The van der Waals surface area contributed by atoms with Gasteiger partial charge >= 0.3 is 11.9 Å². The predicted molar refractivity (Wildman–Crippen MR) is 65.0 cm³/mol. The molecular formula is C10H9F3N6O2. The molecule has 0 aliphatic carbocycles. The number of hydrogen-bond acceptors (Lipinski definition) is 6. The van der Waals surface area contributed by atoms with Gasteiger partial charge in [-0.2, -0.15) is 23.3 Å². The summed E-state index contributed by atoms with van der Waals surface area (Å²) in [6.45, 7) is 2.20. The van der Waals surface area contributed by atoms with Gasteiger partial charge in [-0.1, -0.05) is 0 Å². The van der Waals surface area contributed by atoms with Crippen molar-refractivity contribution < 1.29 is 18.1 Å². The highest BCUT2D eigenvalue weighted by molar-refractivity contribution is 5.48. The Hall–Kier alpha value is -2.72. The molecule has 0 aliphatic heterocycles. The van der Waals surface area contributed by atoms with E-state index in [-0.39, 0.29) is 11.8 Å². The van der Waals surface area contributed by atoms with Crippen LogP contribution in [0.2, 0.25) is 0 Å². The van der Waals surface area contributed by atoms with Gasteiger partial charge in [-0.3, -0.25) is 10.1 Å². The van der Waals surface area contributed by atoms with E-state index in [0.717, 1.165) is 12.4 Å².